The van der Waals surface area contributed by atoms with E-state index in [9.17, 15) is 8.42 Å². The van der Waals surface area contributed by atoms with Gasteiger partial charge in [-0.2, -0.15) is 0 Å². The molecule has 9 heteroatoms. The number of hydrogen-bond donors (Lipinski definition) is 1. The highest BCUT2D eigenvalue weighted by molar-refractivity contribution is 7.94. The molecule has 0 fully saturated rings. The van der Waals surface area contributed by atoms with Crippen molar-refractivity contribution < 1.29 is 12.8 Å². The van der Waals surface area contributed by atoms with E-state index in [0.29, 0.717) is 17.0 Å². The van der Waals surface area contributed by atoms with Crippen molar-refractivity contribution in [2.75, 3.05) is 4.72 Å². The van der Waals surface area contributed by atoms with Crippen molar-refractivity contribution in [3.05, 3.63) is 52.3 Å². The van der Waals surface area contributed by atoms with Crippen LogP contribution in [-0.4, -0.2) is 13.4 Å². The fourth-order valence-electron chi connectivity index (χ4n) is 1.76. The van der Waals surface area contributed by atoms with E-state index >= 15 is 0 Å². The van der Waals surface area contributed by atoms with Gasteiger partial charge in [0.25, 0.3) is 10.0 Å². The Labute approximate surface area is 140 Å². The first-order chi connectivity index (χ1) is 10.5. The second kappa shape index (κ2) is 5.92. The van der Waals surface area contributed by atoms with Gasteiger partial charge in [0.15, 0.2) is 12.2 Å². The number of hydrogen-bond acceptors (Lipinski definition) is 5. The number of rotatable bonds is 4. The van der Waals surface area contributed by atoms with E-state index in [0.717, 1.165) is 11.3 Å². The molecular formula is C13H8Cl2N2O3S2. The lowest BCUT2D eigenvalue weighted by Gasteiger charge is -2.07. The van der Waals surface area contributed by atoms with Gasteiger partial charge in [-0.15, -0.1) is 11.3 Å². The number of sulfonamides is 1. The highest BCUT2D eigenvalue weighted by atomic mass is 35.5. The summed E-state index contributed by atoms with van der Waals surface area (Å²) in [6.07, 6.45) is 2.86. The van der Waals surface area contributed by atoms with Crippen molar-refractivity contribution in [3.63, 3.8) is 0 Å². The summed E-state index contributed by atoms with van der Waals surface area (Å²) in [5.41, 5.74) is 1.11. The minimum absolute atomic E-state index is 0.0487. The summed E-state index contributed by atoms with van der Waals surface area (Å²) in [7, 11) is -3.75. The molecule has 3 rings (SSSR count). The first-order valence-electron chi connectivity index (χ1n) is 5.92. The van der Waals surface area contributed by atoms with E-state index in [2.05, 4.69) is 9.71 Å². The average Bonchev–Trinajstić information content (AvgIpc) is 3.10. The normalized spacial score (nSPS) is 11.5. The molecule has 5 nitrogen and oxygen atoms in total. The molecule has 114 valence electrons. The zero-order valence-electron chi connectivity index (χ0n) is 10.8. The van der Waals surface area contributed by atoms with Gasteiger partial charge >= 0.3 is 0 Å². The Bertz CT molecular complexity index is 886. The molecule has 0 aliphatic carbocycles. The van der Waals surface area contributed by atoms with Crippen molar-refractivity contribution in [1.82, 2.24) is 4.98 Å². The van der Waals surface area contributed by atoms with Gasteiger partial charge in [-0.3, -0.25) is 4.72 Å². The van der Waals surface area contributed by atoms with Crippen LogP contribution in [-0.2, 0) is 10.0 Å². The molecule has 0 unspecified atom stereocenters. The van der Waals surface area contributed by atoms with Crippen molar-refractivity contribution in [2.24, 2.45) is 0 Å². The molecule has 2 aromatic heterocycles. The summed E-state index contributed by atoms with van der Waals surface area (Å²) in [5, 5.41) is 0.211. The van der Waals surface area contributed by atoms with Crippen LogP contribution in [0.15, 0.2) is 51.5 Å². The molecule has 0 bridgehead atoms. The molecule has 3 aromatic rings. The van der Waals surface area contributed by atoms with Crippen LogP contribution in [0.3, 0.4) is 0 Å². The minimum atomic E-state index is -3.75. The first kappa shape index (κ1) is 15.4. The van der Waals surface area contributed by atoms with Crippen molar-refractivity contribution >= 4 is 50.2 Å². The largest absolute Gasteiger partial charge is 0.444 e. The Kier molecular flexibility index (Phi) is 4.14. The minimum Gasteiger partial charge on any atom is -0.444 e. The molecule has 0 saturated carbocycles. The van der Waals surface area contributed by atoms with Gasteiger partial charge < -0.3 is 4.42 Å². The van der Waals surface area contributed by atoms with Crippen LogP contribution < -0.4 is 4.72 Å². The van der Waals surface area contributed by atoms with Crippen molar-refractivity contribution in [3.8, 4) is 11.3 Å². The summed E-state index contributed by atoms with van der Waals surface area (Å²) in [4.78, 5) is 3.83. The average molecular weight is 375 g/mol. The second-order valence-electron chi connectivity index (χ2n) is 4.24. The zero-order chi connectivity index (χ0) is 15.7. The Morgan fingerprint density at radius 2 is 2.05 bits per heavy atom. The summed E-state index contributed by atoms with van der Waals surface area (Å²) in [6, 6.07) is 8.10. The SMILES string of the molecule is O=S(=O)(Nc1cccc(-c2cnco2)c1)c1cc(Cl)c(Cl)s1. The number of oxazole rings is 1. The number of halogens is 2. The van der Waals surface area contributed by atoms with Crippen molar-refractivity contribution in [1.29, 1.82) is 0 Å². The Hall–Kier alpha value is -1.54. The number of anilines is 1. The molecule has 0 aliphatic rings. The second-order valence-corrected chi connectivity index (χ2v) is 8.21. The van der Waals surface area contributed by atoms with E-state index < -0.39 is 10.0 Å². The van der Waals surface area contributed by atoms with Gasteiger partial charge in [-0.25, -0.2) is 13.4 Å². The van der Waals surface area contributed by atoms with E-state index in [1.165, 1.54) is 12.5 Å². The summed E-state index contributed by atoms with van der Waals surface area (Å²) >= 11 is 12.5. The van der Waals surface area contributed by atoms with Crippen LogP contribution in [0, 0.1) is 0 Å². The number of nitrogens with zero attached hydrogens (tertiary/aromatic N) is 1. The molecule has 0 spiro atoms. The van der Waals surface area contributed by atoms with E-state index in [-0.39, 0.29) is 13.6 Å². The van der Waals surface area contributed by atoms with Crippen LogP contribution in [0.2, 0.25) is 9.36 Å². The van der Waals surface area contributed by atoms with Gasteiger partial charge in [0.05, 0.1) is 11.2 Å². The first-order valence-corrected chi connectivity index (χ1v) is 8.98. The molecule has 0 saturated heterocycles. The highest BCUT2D eigenvalue weighted by Gasteiger charge is 2.19. The molecular weight excluding hydrogens is 367 g/mol. The van der Waals surface area contributed by atoms with Gasteiger partial charge in [0.2, 0.25) is 0 Å². The van der Waals surface area contributed by atoms with Crippen molar-refractivity contribution in [2.45, 2.75) is 4.21 Å². The molecule has 0 aliphatic heterocycles. The summed E-state index contributed by atoms with van der Waals surface area (Å²) in [5.74, 6) is 0.545. The third-order valence-electron chi connectivity index (χ3n) is 2.72. The zero-order valence-corrected chi connectivity index (χ0v) is 13.9. The third-order valence-corrected chi connectivity index (χ3v) is 6.44. The standard InChI is InChI=1S/C13H8Cl2N2O3S2/c14-10-5-12(21-13(10)15)22(18,19)17-9-3-1-2-8(4-9)11-6-16-7-20-11/h1-7,17H. The molecule has 0 radical (unpaired) electrons. The van der Waals surface area contributed by atoms with Crippen LogP contribution >= 0.6 is 34.5 Å². The van der Waals surface area contributed by atoms with Gasteiger partial charge in [0.1, 0.15) is 8.55 Å². The molecule has 0 atom stereocenters. The maximum atomic E-state index is 12.3. The fourth-order valence-corrected chi connectivity index (χ4v) is 4.69. The van der Waals surface area contributed by atoms with E-state index in [4.69, 9.17) is 27.6 Å². The molecule has 1 N–H and O–H groups in total. The number of thiophene rings is 1. The lowest BCUT2D eigenvalue weighted by molar-refractivity contribution is 0.572. The van der Waals surface area contributed by atoms with Crippen LogP contribution in [0.4, 0.5) is 5.69 Å². The van der Waals surface area contributed by atoms with Crippen LogP contribution in [0.25, 0.3) is 11.3 Å². The smallest absolute Gasteiger partial charge is 0.271 e. The number of nitrogens with one attached hydrogen (secondary N) is 1. The quantitative estimate of drug-likeness (QED) is 0.728. The third kappa shape index (κ3) is 3.12. The van der Waals surface area contributed by atoms with Gasteiger partial charge in [-0.05, 0) is 18.2 Å². The predicted octanol–water partition coefficient (Wildman–Crippen LogP) is 4.51. The maximum absolute atomic E-state index is 12.3. The molecule has 1 aromatic carbocycles. The van der Waals surface area contributed by atoms with E-state index in [1.807, 2.05) is 0 Å². The van der Waals surface area contributed by atoms with E-state index in [1.54, 1.807) is 30.5 Å². The lowest BCUT2D eigenvalue weighted by Crippen LogP contribution is -2.11. The summed E-state index contributed by atoms with van der Waals surface area (Å²) < 4.78 is 32.6. The summed E-state index contributed by atoms with van der Waals surface area (Å²) in [6.45, 7) is 0. The van der Waals surface area contributed by atoms with Crippen LogP contribution in [0.5, 0.6) is 0 Å². The molecule has 0 amide bonds. The van der Waals surface area contributed by atoms with Gasteiger partial charge in [-0.1, -0.05) is 35.3 Å². The number of aromatic nitrogens is 1. The maximum Gasteiger partial charge on any atom is 0.271 e. The highest BCUT2D eigenvalue weighted by Crippen LogP contribution is 2.35. The lowest BCUT2D eigenvalue weighted by atomic mass is 10.2. The topological polar surface area (TPSA) is 72.2 Å². The monoisotopic (exact) mass is 374 g/mol. The predicted molar refractivity (Wildman–Crippen MR) is 87.1 cm³/mol. The number of benzene rings is 1. The Morgan fingerprint density at radius 3 is 2.68 bits per heavy atom. The molecule has 22 heavy (non-hydrogen) atoms. The molecule has 2 heterocycles. The van der Waals surface area contributed by atoms with Gasteiger partial charge in [0, 0.05) is 11.3 Å². The van der Waals surface area contributed by atoms with Crippen LogP contribution in [0.1, 0.15) is 0 Å². The fraction of sp³-hybridized carbons (Fsp3) is 0. The Balaban J connectivity index is 1.91. The Morgan fingerprint density at radius 1 is 1.23 bits per heavy atom.